The zero-order valence-electron chi connectivity index (χ0n) is 18.6. The number of halogens is 1. The lowest BCUT2D eigenvalue weighted by molar-refractivity contribution is -0.120. The summed E-state index contributed by atoms with van der Waals surface area (Å²) in [5, 5.41) is 0.368. The van der Waals surface area contributed by atoms with E-state index in [4.69, 9.17) is 22.1 Å². The molecule has 1 aromatic heterocycles. The van der Waals surface area contributed by atoms with Gasteiger partial charge in [0.15, 0.2) is 12.3 Å². The fraction of sp³-hybridized carbons (Fsp3) is 0.292. The maximum atomic E-state index is 13.2. The number of nitrogen functional groups attached to an aromatic ring is 1. The number of anilines is 2. The van der Waals surface area contributed by atoms with E-state index in [-0.39, 0.29) is 37.1 Å². The first-order chi connectivity index (χ1) is 15.8. The van der Waals surface area contributed by atoms with Crippen molar-refractivity contribution >= 4 is 29.0 Å². The summed E-state index contributed by atoms with van der Waals surface area (Å²) in [6, 6.07) is 16.0. The van der Waals surface area contributed by atoms with Gasteiger partial charge in [-0.2, -0.15) is 0 Å². The number of carbonyl (C=O) groups is 1. The maximum absolute atomic E-state index is 13.2. The first kappa shape index (κ1) is 24.1. The molecule has 0 saturated carbocycles. The third kappa shape index (κ3) is 6.04. The minimum absolute atomic E-state index is 0.0704. The van der Waals surface area contributed by atoms with Crippen molar-refractivity contribution in [2.24, 2.45) is 5.92 Å². The van der Waals surface area contributed by atoms with Gasteiger partial charge in [-0.3, -0.25) is 19.1 Å². The number of nitrogens with one attached hydrogen (secondary N) is 1. The first-order valence-electron chi connectivity index (χ1n) is 10.6. The molecule has 174 valence electrons. The van der Waals surface area contributed by atoms with Gasteiger partial charge in [0.05, 0.1) is 11.6 Å². The number of rotatable bonds is 9. The van der Waals surface area contributed by atoms with Gasteiger partial charge in [-0.15, -0.1) is 0 Å². The highest BCUT2D eigenvalue weighted by Gasteiger charge is 2.25. The summed E-state index contributed by atoms with van der Waals surface area (Å²) >= 11 is 6.11. The summed E-state index contributed by atoms with van der Waals surface area (Å²) in [4.78, 5) is 42.0. The van der Waals surface area contributed by atoms with Crippen molar-refractivity contribution in [3.63, 3.8) is 0 Å². The number of H-pyrrole nitrogens is 1. The highest BCUT2D eigenvalue weighted by atomic mass is 35.5. The van der Waals surface area contributed by atoms with Crippen LogP contribution in [-0.4, -0.2) is 28.6 Å². The van der Waals surface area contributed by atoms with E-state index < -0.39 is 17.2 Å². The molecule has 0 fully saturated rings. The Morgan fingerprint density at radius 1 is 1.12 bits per heavy atom. The van der Waals surface area contributed by atoms with Crippen molar-refractivity contribution in [1.29, 1.82) is 0 Å². The molecule has 0 saturated heterocycles. The predicted molar refractivity (Wildman–Crippen MR) is 130 cm³/mol. The van der Waals surface area contributed by atoms with E-state index in [0.717, 1.165) is 5.56 Å². The van der Waals surface area contributed by atoms with Gasteiger partial charge in [-0.25, -0.2) is 4.79 Å². The zero-order chi connectivity index (χ0) is 24.0. The van der Waals surface area contributed by atoms with Crippen LogP contribution in [0.5, 0.6) is 5.75 Å². The van der Waals surface area contributed by atoms with Crippen molar-refractivity contribution in [2.75, 3.05) is 23.8 Å². The van der Waals surface area contributed by atoms with E-state index >= 15 is 0 Å². The molecule has 0 aliphatic rings. The summed E-state index contributed by atoms with van der Waals surface area (Å²) in [6.07, 6.45) is 0.620. The van der Waals surface area contributed by atoms with Crippen molar-refractivity contribution in [3.8, 4) is 5.75 Å². The Morgan fingerprint density at radius 3 is 2.45 bits per heavy atom. The summed E-state index contributed by atoms with van der Waals surface area (Å²) in [6.45, 7) is 4.05. The van der Waals surface area contributed by atoms with Crippen LogP contribution in [0.25, 0.3) is 0 Å². The van der Waals surface area contributed by atoms with Gasteiger partial charge < -0.3 is 15.4 Å². The van der Waals surface area contributed by atoms with E-state index in [9.17, 15) is 14.4 Å². The number of ether oxygens (including phenoxy) is 1. The van der Waals surface area contributed by atoms with Gasteiger partial charge in [0, 0.05) is 6.54 Å². The van der Waals surface area contributed by atoms with Crippen molar-refractivity contribution in [3.05, 3.63) is 86.0 Å². The number of hydrogen-bond donors (Lipinski definition) is 2. The topological polar surface area (TPSA) is 110 Å². The molecule has 1 heterocycles. The molecule has 0 aliphatic heterocycles. The molecule has 1 amide bonds. The lowest BCUT2D eigenvalue weighted by Crippen LogP contribution is -2.43. The smallest absolute Gasteiger partial charge is 0.330 e. The standard InChI is InChI=1S/C24H27ClN4O4/c1-16(2)12-13-28(20(30)15-33-19-11-7-6-10-18(19)25)21-22(26)29(24(32)27-23(21)31)14-17-8-4-3-5-9-17/h3-11,16H,12-15,26H2,1-2H3,(H,27,31,32). The molecule has 3 rings (SSSR count). The quantitative estimate of drug-likeness (QED) is 0.498. The zero-order valence-corrected chi connectivity index (χ0v) is 19.3. The molecule has 8 nitrogen and oxygen atoms in total. The van der Waals surface area contributed by atoms with Crippen LogP contribution in [0.3, 0.4) is 0 Å². The molecule has 9 heteroatoms. The molecule has 0 bridgehead atoms. The molecule has 0 radical (unpaired) electrons. The van der Waals surface area contributed by atoms with Crippen LogP contribution in [0.4, 0.5) is 11.5 Å². The van der Waals surface area contributed by atoms with Crippen LogP contribution in [0.15, 0.2) is 64.2 Å². The number of hydrogen-bond acceptors (Lipinski definition) is 5. The second kappa shape index (κ2) is 10.9. The van der Waals surface area contributed by atoms with E-state index in [1.165, 1.54) is 9.47 Å². The Kier molecular flexibility index (Phi) is 7.95. The summed E-state index contributed by atoms with van der Waals surface area (Å²) in [5.41, 5.74) is 5.68. The molecule has 0 spiro atoms. The summed E-state index contributed by atoms with van der Waals surface area (Å²) in [7, 11) is 0. The lowest BCUT2D eigenvalue weighted by Gasteiger charge is -2.25. The summed E-state index contributed by atoms with van der Waals surface area (Å²) in [5.74, 6) is 0.0627. The molecule has 33 heavy (non-hydrogen) atoms. The fourth-order valence-electron chi connectivity index (χ4n) is 3.29. The maximum Gasteiger partial charge on any atom is 0.330 e. The number of nitrogens with two attached hydrogens (primary N) is 1. The highest BCUT2D eigenvalue weighted by Crippen LogP contribution is 2.24. The van der Waals surface area contributed by atoms with Crippen LogP contribution in [0, 0.1) is 5.92 Å². The average Bonchev–Trinajstić information content (AvgIpc) is 2.78. The Balaban J connectivity index is 1.96. The third-order valence-corrected chi connectivity index (χ3v) is 5.40. The molecular formula is C24H27ClN4O4. The Morgan fingerprint density at radius 2 is 1.79 bits per heavy atom. The molecule has 3 N–H and O–H groups in total. The highest BCUT2D eigenvalue weighted by molar-refractivity contribution is 6.32. The Labute approximate surface area is 196 Å². The van der Waals surface area contributed by atoms with E-state index in [1.807, 2.05) is 44.2 Å². The average molecular weight is 471 g/mol. The van der Waals surface area contributed by atoms with E-state index in [2.05, 4.69) is 4.98 Å². The van der Waals surface area contributed by atoms with Gasteiger partial charge in [0.25, 0.3) is 11.5 Å². The number of amides is 1. The minimum atomic E-state index is -0.725. The number of carbonyl (C=O) groups excluding carboxylic acids is 1. The molecule has 2 aromatic carbocycles. The molecule has 0 aliphatic carbocycles. The molecule has 0 atom stereocenters. The Bertz CT molecular complexity index is 1220. The SMILES string of the molecule is CC(C)CCN(C(=O)COc1ccccc1Cl)c1c(N)n(Cc2ccccc2)c(=O)[nH]c1=O. The third-order valence-electron chi connectivity index (χ3n) is 5.09. The second-order valence-electron chi connectivity index (χ2n) is 8.01. The minimum Gasteiger partial charge on any atom is -0.482 e. The van der Waals surface area contributed by atoms with Crippen LogP contribution in [0.1, 0.15) is 25.8 Å². The lowest BCUT2D eigenvalue weighted by atomic mass is 10.1. The van der Waals surface area contributed by atoms with Gasteiger partial charge in [0.1, 0.15) is 11.6 Å². The van der Waals surface area contributed by atoms with Crippen LogP contribution >= 0.6 is 11.6 Å². The number of benzene rings is 2. The fourth-order valence-corrected chi connectivity index (χ4v) is 3.48. The van der Waals surface area contributed by atoms with Crippen LogP contribution < -0.4 is 26.6 Å². The van der Waals surface area contributed by atoms with Gasteiger partial charge in [0.2, 0.25) is 0 Å². The molecule has 3 aromatic rings. The molecular weight excluding hydrogens is 444 g/mol. The van der Waals surface area contributed by atoms with Crippen molar-refractivity contribution in [2.45, 2.75) is 26.8 Å². The Hall–Kier alpha value is -3.52. The van der Waals surface area contributed by atoms with Gasteiger partial charge in [-0.05, 0) is 30.0 Å². The van der Waals surface area contributed by atoms with Crippen LogP contribution in [0.2, 0.25) is 5.02 Å². The number of nitrogens with zero attached hydrogens (tertiary/aromatic N) is 2. The number of aromatic nitrogens is 2. The van der Waals surface area contributed by atoms with Gasteiger partial charge in [-0.1, -0.05) is 67.9 Å². The largest absolute Gasteiger partial charge is 0.482 e. The van der Waals surface area contributed by atoms with E-state index in [0.29, 0.717) is 17.2 Å². The number of para-hydroxylation sites is 1. The van der Waals surface area contributed by atoms with E-state index in [1.54, 1.807) is 24.3 Å². The molecule has 0 unspecified atom stereocenters. The first-order valence-corrected chi connectivity index (χ1v) is 11.0. The van der Waals surface area contributed by atoms with Crippen molar-refractivity contribution in [1.82, 2.24) is 9.55 Å². The summed E-state index contributed by atoms with van der Waals surface area (Å²) < 4.78 is 6.84. The van der Waals surface area contributed by atoms with Crippen LogP contribution in [-0.2, 0) is 11.3 Å². The predicted octanol–water partition coefficient (Wildman–Crippen LogP) is 3.28. The van der Waals surface area contributed by atoms with Crippen molar-refractivity contribution < 1.29 is 9.53 Å². The normalized spacial score (nSPS) is 10.9. The number of aromatic amines is 1. The second-order valence-corrected chi connectivity index (χ2v) is 8.42. The van der Waals surface area contributed by atoms with Gasteiger partial charge >= 0.3 is 5.69 Å². The monoisotopic (exact) mass is 470 g/mol.